The fourth-order valence-corrected chi connectivity index (χ4v) is 2.84. The molecule has 128 valence electrons. The maximum Gasteiger partial charge on any atom is 0.0747 e. The average molecular weight is 326 g/mol. The molecule has 1 aromatic rings. The molecule has 4 nitrogen and oxygen atoms in total. The minimum atomic E-state index is -0.0471. The van der Waals surface area contributed by atoms with Gasteiger partial charge in [0.05, 0.1) is 18.4 Å². The van der Waals surface area contributed by atoms with Crippen LogP contribution in [0.2, 0.25) is 0 Å². The molecule has 0 amide bonds. The van der Waals surface area contributed by atoms with Gasteiger partial charge in [-0.05, 0) is 49.8 Å². The summed E-state index contributed by atoms with van der Waals surface area (Å²) in [7, 11) is 0. The van der Waals surface area contributed by atoms with Crippen LogP contribution in [0.1, 0.15) is 48.8 Å². The van der Waals surface area contributed by atoms with Crippen molar-refractivity contribution in [1.82, 2.24) is 5.32 Å². The van der Waals surface area contributed by atoms with Crippen molar-refractivity contribution in [3.63, 3.8) is 0 Å². The third kappa shape index (κ3) is 4.77. The standard InChI is InChI=1S/C20H26N2O2/c21-20(13-22-12-18-3-1-2-10-24-18)19-9-8-16(11-17(19)14-23)7-6-15-4-5-15/h8-9,11,13,15,18,22-23H,1-5,10,12,14,21H2/b20-13-. The molecule has 1 saturated carbocycles. The van der Waals surface area contributed by atoms with Gasteiger partial charge < -0.3 is 20.9 Å². The number of aliphatic hydroxyl groups is 1. The van der Waals surface area contributed by atoms with Crippen molar-refractivity contribution in [3.05, 3.63) is 41.1 Å². The van der Waals surface area contributed by atoms with Crippen LogP contribution in [0, 0.1) is 17.8 Å². The summed E-state index contributed by atoms with van der Waals surface area (Å²) in [5.74, 6) is 6.99. The van der Waals surface area contributed by atoms with Crippen LogP contribution in [0.25, 0.3) is 5.70 Å². The van der Waals surface area contributed by atoms with E-state index in [4.69, 9.17) is 10.5 Å². The predicted octanol–water partition coefficient (Wildman–Crippen LogP) is 2.36. The van der Waals surface area contributed by atoms with Gasteiger partial charge in [-0.1, -0.05) is 17.9 Å². The number of aliphatic hydroxyl groups excluding tert-OH is 1. The summed E-state index contributed by atoms with van der Waals surface area (Å²) in [6.07, 6.45) is 7.97. The van der Waals surface area contributed by atoms with E-state index in [1.165, 1.54) is 19.3 Å². The zero-order chi connectivity index (χ0) is 16.8. The highest BCUT2D eigenvalue weighted by Gasteiger charge is 2.17. The van der Waals surface area contributed by atoms with Crippen LogP contribution in [0.15, 0.2) is 24.4 Å². The molecule has 4 N–H and O–H groups in total. The highest BCUT2D eigenvalue weighted by molar-refractivity contribution is 5.66. The predicted molar refractivity (Wildman–Crippen MR) is 95.7 cm³/mol. The van der Waals surface area contributed by atoms with Crippen LogP contribution in [0.4, 0.5) is 0 Å². The second-order valence-corrected chi connectivity index (χ2v) is 6.57. The van der Waals surface area contributed by atoms with Gasteiger partial charge in [-0.15, -0.1) is 0 Å². The van der Waals surface area contributed by atoms with Crippen LogP contribution >= 0.6 is 0 Å². The number of hydrogen-bond donors (Lipinski definition) is 3. The number of hydrogen-bond acceptors (Lipinski definition) is 4. The maximum absolute atomic E-state index is 9.64. The Morgan fingerprint density at radius 1 is 1.33 bits per heavy atom. The van der Waals surface area contributed by atoms with E-state index in [0.717, 1.165) is 42.7 Å². The first-order valence-electron chi connectivity index (χ1n) is 8.82. The molecule has 1 aromatic carbocycles. The van der Waals surface area contributed by atoms with Gasteiger partial charge in [0.25, 0.3) is 0 Å². The summed E-state index contributed by atoms with van der Waals surface area (Å²) in [4.78, 5) is 0. The van der Waals surface area contributed by atoms with Crippen LogP contribution in [0.5, 0.6) is 0 Å². The molecule has 2 aliphatic rings. The van der Waals surface area contributed by atoms with E-state index in [1.54, 1.807) is 0 Å². The largest absolute Gasteiger partial charge is 0.397 e. The van der Waals surface area contributed by atoms with Crippen molar-refractivity contribution >= 4 is 5.70 Å². The van der Waals surface area contributed by atoms with Crippen LogP contribution in [-0.4, -0.2) is 24.4 Å². The zero-order valence-corrected chi connectivity index (χ0v) is 14.1. The van der Waals surface area contributed by atoms with Crippen LogP contribution in [-0.2, 0) is 11.3 Å². The SMILES string of the molecule is N/C(=C\NCC1CCCCO1)c1ccc(C#CC2CC2)cc1CO. The van der Waals surface area contributed by atoms with Gasteiger partial charge in [-0.2, -0.15) is 0 Å². The molecule has 0 aromatic heterocycles. The van der Waals surface area contributed by atoms with Crippen molar-refractivity contribution in [2.75, 3.05) is 13.2 Å². The summed E-state index contributed by atoms with van der Waals surface area (Å²) in [6, 6.07) is 5.83. The topological polar surface area (TPSA) is 67.5 Å². The minimum absolute atomic E-state index is 0.0471. The monoisotopic (exact) mass is 326 g/mol. The molecule has 1 aliphatic carbocycles. The summed E-state index contributed by atoms with van der Waals surface area (Å²) in [5, 5.41) is 12.9. The van der Waals surface area contributed by atoms with Gasteiger partial charge in [0, 0.05) is 36.4 Å². The molecular weight excluding hydrogens is 300 g/mol. The Kier molecular flexibility index (Phi) is 5.79. The van der Waals surface area contributed by atoms with Crippen molar-refractivity contribution in [1.29, 1.82) is 0 Å². The summed E-state index contributed by atoms with van der Waals surface area (Å²) in [6.45, 7) is 1.57. The van der Waals surface area contributed by atoms with Crippen molar-refractivity contribution in [3.8, 4) is 11.8 Å². The molecule has 3 rings (SSSR count). The third-order valence-electron chi connectivity index (χ3n) is 4.46. The Balaban J connectivity index is 1.63. The number of benzene rings is 1. The molecular formula is C20H26N2O2. The van der Waals surface area contributed by atoms with E-state index >= 15 is 0 Å². The number of rotatable bonds is 5. The molecule has 0 radical (unpaired) electrons. The van der Waals surface area contributed by atoms with Crippen molar-refractivity contribution < 1.29 is 9.84 Å². The quantitative estimate of drug-likeness (QED) is 0.727. The Hall–Kier alpha value is -1.96. The first-order chi connectivity index (χ1) is 11.8. The van der Waals surface area contributed by atoms with Gasteiger partial charge >= 0.3 is 0 Å². The average Bonchev–Trinajstić information content (AvgIpc) is 3.45. The maximum atomic E-state index is 9.64. The van der Waals surface area contributed by atoms with Gasteiger partial charge in [0.15, 0.2) is 0 Å². The minimum Gasteiger partial charge on any atom is -0.397 e. The Labute approximate surface area is 144 Å². The van der Waals surface area contributed by atoms with Gasteiger partial charge in [-0.3, -0.25) is 0 Å². The Morgan fingerprint density at radius 2 is 2.21 bits per heavy atom. The summed E-state index contributed by atoms with van der Waals surface area (Å²) >= 11 is 0. The molecule has 0 bridgehead atoms. The molecule has 2 fully saturated rings. The second kappa shape index (κ2) is 8.23. The molecule has 1 aliphatic heterocycles. The molecule has 1 saturated heterocycles. The van der Waals surface area contributed by atoms with Crippen LogP contribution < -0.4 is 11.1 Å². The van der Waals surface area contributed by atoms with Gasteiger partial charge in [0.1, 0.15) is 0 Å². The first-order valence-corrected chi connectivity index (χ1v) is 8.82. The summed E-state index contributed by atoms with van der Waals surface area (Å²) in [5.41, 5.74) is 9.40. The first kappa shape index (κ1) is 16.9. The lowest BCUT2D eigenvalue weighted by molar-refractivity contribution is 0.0188. The lowest BCUT2D eigenvalue weighted by Crippen LogP contribution is -2.29. The third-order valence-corrected chi connectivity index (χ3v) is 4.46. The number of nitrogens with two attached hydrogens (primary N) is 1. The molecule has 0 spiro atoms. The second-order valence-electron chi connectivity index (χ2n) is 6.57. The fourth-order valence-electron chi connectivity index (χ4n) is 2.84. The smallest absolute Gasteiger partial charge is 0.0747 e. The lowest BCUT2D eigenvalue weighted by atomic mass is 10.0. The number of ether oxygens (including phenoxy) is 1. The number of nitrogens with one attached hydrogen (secondary N) is 1. The Bertz CT molecular complexity index is 647. The van der Waals surface area contributed by atoms with E-state index < -0.39 is 0 Å². The highest BCUT2D eigenvalue weighted by atomic mass is 16.5. The normalized spacial score (nSPS) is 21.0. The van der Waals surface area contributed by atoms with E-state index in [1.807, 2.05) is 24.4 Å². The van der Waals surface area contributed by atoms with E-state index in [2.05, 4.69) is 17.2 Å². The Morgan fingerprint density at radius 3 is 2.92 bits per heavy atom. The fraction of sp³-hybridized carbons (Fsp3) is 0.500. The van der Waals surface area contributed by atoms with Crippen molar-refractivity contribution in [2.24, 2.45) is 11.7 Å². The molecule has 4 heteroatoms. The van der Waals surface area contributed by atoms with Crippen LogP contribution in [0.3, 0.4) is 0 Å². The van der Waals surface area contributed by atoms with Gasteiger partial charge in [-0.25, -0.2) is 0 Å². The molecule has 1 atom stereocenters. The van der Waals surface area contributed by atoms with Crippen molar-refractivity contribution in [2.45, 2.75) is 44.8 Å². The lowest BCUT2D eigenvalue weighted by Gasteiger charge is -2.22. The highest BCUT2D eigenvalue weighted by Crippen LogP contribution is 2.27. The van der Waals surface area contributed by atoms with E-state index in [-0.39, 0.29) is 12.7 Å². The van der Waals surface area contributed by atoms with Gasteiger partial charge in [0.2, 0.25) is 0 Å². The molecule has 24 heavy (non-hydrogen) atoms. The zero-order valence-electron chi connectivity index (χ0n) is 14.1. The van der Waals surface area contributed by atoms with E-state index in [0.29, 0.717) is 11.6 Å². The molecule has 1 heterocycles. The molecule has 1 unspecified atom stereocenters. The van der Waals surface area contributed by atoms with E-state index in [9.17, 15) is 5.11 Å². The summed E-state index contributed by atoms with van der Waals surface area (Å²) < 4.78 is 5.69.